The third-order valence-corrected chi connectivity index (χ3v) is 6.63. The number of esters is 1. The molecule has 16 heteroatoms. The van der Waals surface area contributed by atoms with Gasteiger partial charge in [0.05, 0.1) is 39.5 Å². The summed E-state index contributed by atoms with van der Waals surface area (Å²) in [5, 5.41) is 35.5. The number of carbonyl (C=O) groups excluding carboxylic acids is 2. The molecule has 0 aliphatic carbocycles. The Morgan fingerprint density at radius 1 is 0.826 bits per heavy atom. The van der Waals surface area contributed by atoms with E-state index < -0.39 is 47.9 Å². The maximum absolute atomic E-state index is 12.1. The standard InChI is InChI=1S/C24H29NO8.C6H8O7/c1-17(26)33-24(9-4-10-25(2)3,13-27-18-5-7-20-22(11-18)31-15-29-20)14-28-19-6-8-21-23(12-19)32-16-30-21;7-3(8)1-6(13,5(11)12)2-4(9)10/h5-8,11-12H,4,9-10,13-16H2,1-3H3;13H,1-2H2,(H,7,8)(H,9,10)(H,11,12). The first-order valence-corrected chi connectivity index (χ1v) is 14.1. The number of hydrogen-bond acceptors (Lipinski definition) is 13. The number of quaternary nitrogens is 1. The van der Waals surface area contributed by atoms with Gasteiger partial charge in [0.2, 0.25) is 13.6 Å². The summed E-state index contributed by atoms with van der Waals surface area (Å²) in [7, 11) is 4.17. The van der Waals surface area contributed by atoms with Crippen molar-refractivity contribution in [3.63, 3.8) is 0 Å². The summed E-state index contributed by atoms with van der Waals surface area (Å²) in [6.45, 7) is 2.93. The number of rotatable bonds is 16. The molecule has 0 radical (unpaired) electrons. The summed E-state index contributed by atoms with van der Waals surface area (Å²) in [4.78, 5) is 43.7. The predicted molar refractivity (Wildman–Crippen MR) is 152 cm³/mol. The van der Waals surface area contributed by atoms with Crippen LogP contribution in [-0.4, -0.2) is 97.8 Å². The lowest BCUT2D eigenvalue weighted by molar-refractivity contribution is -0.858. The smallest absolute Gasteiger partial charge is 0.306 e. The number of carboxylic acid groups (broad SMARTS) is 3. The fourth-order valence-electron chi connectivity index (χ4n) is 4.44. The molecule has 2 aliphatic heterocycles. The summed E-state index contributed by atoms with van der Waals surface area (Å²) in [5.74, 6) is -1.96. The highest BCUT2D eigenvalue weighted by Crippen LogP contribution is 2.37. The van der Waals surface area contributed by atoms with E-state index in [9.17, 15) is 24.3 Å². The molecule has 2 aromatic carbocycles. The fourth-order valence-corrected chi connectivity index (χ4v) is 4.44. The topological polar surface area (TPSA) is 221 Å². The van der Waals surface area contributed by atoms with Crippen molar-refractivity contribution in [3.8, 4) is 34.5 Å². The average Bonchev–Trinajstić information content (AvgIpc) is 3.63. The molecule has 46 heavy (non-hydrogen) atoms. The van der Waals surface area contributed by atoms with E-state index >= 15 is 0 Å². The van der Waals surface area contributed by atoms with Crippen molar-refractivity contribution in [2.24, 2.45) is 0 Å². The Bertz CT molecular complexity index is 1310. The van der Waals surface area contributed by atoms with Crippen molar-refractivity contribution >= 4 is 23.9 Å². The van der Waals surface area contributed by atoms with Gasteiger partial charge in [0, 0.05) is 25.5 Å². The van der Waals surface area contributed by atoms with E-state index in [1.54, 1.807) is 36.4 Å². The van der Waals surface area contributed by atoms with Gasteiger partial charge in [-0.2, -0.15) is 0 Å². The van der Waals surface area contributed by atoms with Crippen LogP contribution in [0.15, 0.2) is 36.4 Å². The highest BCUT2D eigenvalue weighted by Gasteiger charge is 2.37. The number of ether oxygens (including phenoxy) is 7. The molecule has 0 fully saturated rings. The third-order valence-electron chi connectivity index (χ3n) is 6.63. The Hall–Kier alpha value is -4.96. The summed E-state index contributed by atoms with van der Waals surface area (Å²) >= 11 is 0. The van der Waals surface area contributed by atoms with Gasteiger partial charge >= 0.3 is 17.9 Å². The van der Waals surface area contributed by atoms with Crippen molar-refractivity contribution in [1.29, 1.82) is 0 Å². The van der Waals surface area contributed by atoms with Gasteiger partial charge in [0.15, 0.2) is 28.6 Å². The maximum Gasteiger partial charge on any atom is 0.306 e. The van der Waals surface area contributed by atoms with Crippen molar-refractivity contribution < 1.29 is 77.7 Å². The van der Waals surface area contributed by atoms with Crippen LogP contribution in [0, 0.1) is 0 Å². The Morgan fingerprint density at radius 2 is 1.28 bits per heavy atom. The van der Waals surface area contributed by atoms with Gasteiger partial charge in [-0.1, -0.05) is 0 Å². The molecule has 0 atom stereocenters. The number of nitrogens with one attached hydrogen (secondary N) is 1. The van der Waals surface area contributed by atoms with Gasteiger partial charge in [-0.3, -0.25) is 14.4 Å². The Balaban J connectivity index is 0.000000376. The largest absolute Gasteiger partial charge is 0.547 e. The molecule has 2 heterocycles. The molecular weight excluding hydrogens is 614 g/mol. The van der Waals surface area contributed by atoms with Crippen LogP contribution in [0.25, 0.3) is 0 Å². The molecule has 0 bridgehead atoms. The zero-order valence-corrected chi connectivity index (χ0v) is 25.6. The first kappa shape index (κ1) is 35.5. The van der Waals surface area contributed by atoms with Crippen LogP contribution in [0.2, 0.25) is 0 Å². The molecule has 0 aromatic heterocycles. The van der Waals surface area contributed by atoms with Gasteiger partial charge in [-0.25, -0.2) is 0 Å². The van der Waals surface area contributed by atoms with E-state index in [1.807, 2.05) is 0 Å². The minimum absolute atomic E-state index is 0.125. The van der Waals surface area contributed by atoms with E-state index in [-0.39, 0.29) is 26.8 Å². The Morgan fingerprint density at radius 3 is 1.67 bits per heavy atom. The van der Waals surface area contributed by atoms with Crippen molar-refractivity contribution in [1.82, 2.24) is 0 Å². The number of aliphatic carboxylic acids is 3. The summed E-state index contributed by atoms with van der Waals surface area (Å²) in [5.41, 5.74) is -3.83. The van der Waals surface area contributed by atoms with E-state index in [0.717, 1.165) is 13.0 Å². The number of fused-ring (bicyclic) bond motifs is 2. The van der Waals surface area contributed by atoms with Crippen LogP contribution in [-0.2, 0) is 23.9 Å². The normalized spacial score (nSPS) is 13.0. The van der Waals surface area contributed by atoms with Crippen LogP contribution < -0.4 is 38.4 Å². The third kappa shape index (κ3) is 10.6. The molecule has 0 saturated carbocycles. The molecule has 0 amide bonds. The first-order chi connectivity index (χ1) is 21.7. The number of aliphatic hydroxyl groups is 1. The molecule has 2 aliphatic rings. The summed E-state index contributed by atoms with van der Waals surface area (Å²) < 4.78 is 39.6. The average molecular weight is 652 g/mol. The second kappa shape index (κ2) is 15.9. The summed E-state index contributed by atoms with van der Waals surface area (Å²) in [6, 6.07) is 10.7. The highest BCUT2D eigenvalue weighted by molar-refractivity contribution is 5.86. The monoisotopic (exact) mass is 651 g/mol. The molecule has 4 N–H and O–H groups in total. The molecule has 0 spiro atoms. The SMILES string of the molecule is CC(=O)OC(CCC[NH+](C)C)(COc1ccc2c(c1)OCO2)COc1ccc2c(c1)OCO2.O=C(O)CC(O)(CC(=O)O)C(=O)[O-]. The number of carbonyl (C=O) groups is 4. The van der Waals surface area contributed by atoms with Crippen molar-refractivity contribution in [2.75, 3.05) is 47.4 Å². The van der Waals surface area contributed by atoms with Crippen molar-refractivity contribution in [3.05, 3.63) is 36.4 Å². The minimum atomic E-state index is -2.85. The van der Waals surface area contributed by atoms with Gasteiger partial charge in [-0.15, -0.1) is 0 Å². The van der Waals surface area contributed by atoms with Crippen LogP contribution in [0.4, 0.5) is 0 Å². The van der Waals surface area contributed by atoms with Gasteiger partial charge < -0.3 is 63.3 Å². The van der Waals surface area contributed by atoms with E-state index in [0.29, 0.717) is 40.9 Å². The summed E-state index contributed by atoms with van der Waals surface area (Å²) in [6.07, 6.45) is -1.01. The van der Waals surface area contributed by atoms with Crippen LogP contribution >= 0.6 is 0 Å². The van der Waals surface area contributed by atoms with E-state index in [4.69, 9.17) is 48.5 Å². The lowest BCUT2D eigenvalue weighted by Crippen LogP contribution is -3.05. The maximum atomic E-state index is 12.1. The zero-order chi connectivity index (χ0) is 33.9. The lowest BCUT2D eigenvalue weighted by Gasteiger charge is -2.33. The van der Waals surface area contributed by atoms with Crippen LogP contribution in [0.1, 0.15) is 32.6 Å². The second-order valence-corrected chi connectivity index (χ2v) is 10.9. The van der Waals surface area contributed by atoms with Crippen LogP contribution in [0.5, 0.6) is 34.5 Å². The van der Waals surface area contributed by atoms with Gasteiger partial charge in [-0.05, 0) is 30.7 Å². The predicted octanol–water partition coefficient (Wildman–Crippen LogP) is -0.755. The lowest BCUT2D eigenvalue weighted by atomic mass is 9.96. The van der Waals surface area contributed by atoms with Gasteiger partial charge in [0.25, 0.3) is 0 Å². The molecule has 0 unspecified atom stereocenters. The van der Waals surface area contributed by atoms with E-state index in [1.165, 1.54) is 11.8 Å². The van der Waals surface area contributed by atoms with Gasteiger partial charge in [0.1, 0.15) is 30.3 Å². The molecule has 4 rings (SSSR count). The zero-order valence-electron chi connectivity index (χ0n) is 25.6. The molecule has 16 nitrogen and oxygen atoms in total. The van der Waals surface area contributed by atoms with Crippen molar-refractivity contribution in [2.45, 2.75) is 43.8 Å². The van der Waals surface area contributed by atoms with E-state index in [2.05, 4.69) is 14.1 Å². The minimum Gasteiger partial charge on any atom is -0.547 e. The highest BCUT2D eigenvalue weighted by atomic mass is 16.7. The van der Waals surface area contributed by atoms with Crippen LogP contribution in [0.3, 0.4) is 0 Å². The molecule has 2 aromatic rings. The molecule has 252 valence electrons. The Labute approximate surface area is 263 Å². The number of carboxylic acids is 3. The number of hydrogen-bond donors (Lipinski definition) is 4. The molecule has 0 saturated heterocycles. The quantitative estimate of drug-likeness (QED) is 0.164. The Kier molecular flexibility index (Phi) is 12.2. The second-order valence-electron chi connectivity index (χ2n) is 10.9. The fraction of sp³-hybridized carbons (Fsp3) is 0.467. The first-order valence-electron chi connectivity index (χ1n) is 14.1. The molecular formula is C30H37NO15. The number of benzene rings is 2.